The van der Waals surface area contributed by atoms with Crippen LogP contribution in [0.4, 0.5) is 0 Å². The Balaban J connectivity index is 1.86. The number of aliphatic hydroxyl groups excluding tert-OH is 1. The van der Waals surface area contributed by atoms with E-state index in [4.69, 9.17) is 4.74 Å². The van der Waals surface area contributed by atoms with Crippen LogP contribution in [-0.2, 0) is 4.74 Å². The first-order valence-corrected chi connectivity index (χ1v) is 5.77. The predicted octanol–water partition coefficient (Wildman–Crippen LogP) is 1.44. The van der Waals surface area contributed by atoms with Crippen molar-refractivity contribution in [3.05, 3.63) is 35.9 Å². The largest absolute Gasteiger partial charge is 0.387 e. The van der Waals surface area contributed by atoms with Crippen LogP contribution in [0.5, 0.6) is 0 Å². The fourth-order valence-corrected chi connectivity index (χ4v) is 2.18. The van der Waals surface area contributed by atoms with Gasteiger partial charge in [0.1, 0.15) is 0 Å². The summed E-state index contributed by atoms with van der Waals surface area (Å²) in [6.45, 7) is 2.65. The minimum atomic E-state index is -0.392. The number of methoxy groups -OCH3 is 1. The molecule has 16 heavy (non-hydrogen) atoms. The van der Waals surface area contributed by atoms with Crippen LogP contribution >= 0.6 is 0 Å². The number of benzene rings is 1. The van der Waals surface area contributed by atoms with Gasteiger partial charge in [-0.15, -0.1) is 0 Å². The van der Waals surface area contributed by atoms with E-state index in [1.54, 1.807) is 7.11 Å². The Morgan fingerprint density at radius 3 is 2.81 bits per heavy atom. The topological polar surface area (TPSA) is 32.7 Å². The van der Waals surface area contributed by atoms with Crippen LogP contribution in [0, 0.1) is 0 Å². The summed E-state index contributed by atoms with van der Waals surface area (Å²) in [5.74, 6) is 0. The van der Waals surface area contributed by atoms with Gasteiger partial charge in [-0.05, 0) is 12.0 Å². The third-order valence-corrected chi connectivity index (χ3v) is 3.18. The van der Waals surface area contributed by atoms with Crippen molar-refractivity contribution in [1.82, 2.24) is 4.90 Å². The van der Waals surface area contributed by atoms with E-state index in [0.717, 1.165) is 25.1 Å². The summed E-state index contributed by atoms with van der Waals surface area (Å²) >= 11 is 0. The maximum Gasteiger partial charge on any atom is 0.0916 e. The normalized spacial score (nSPS) is 23.5. The van der Waals surface area contributed by atoms with Gasteiger partial charge in [-0.3, -0.25) is 4.90 Å². The van der Waals surface area contributed by atoms with Crippen molar-refractivity contribution in [2.75, 3.05) is 26.7 Å². The number of hydrogen-bond acceptors (Lipinski definition) is 3. The maximum absolute atomic E-state index is 10.1. The molecule has 1 aliphatic rings. The third-order valence-electron chi connectivity index (χ3n) is 3.18. The molecule has 0 radical (unpaired) electrons. The Morgan fingerprint density at radius 2 is 2.19 bits per heavy atom. The van der Waals surface area contributed by atoms with Crippen molar-refractivity contribution in [3.63, 3.8) is 0 Å². The highest BCUT2D eigenvalue weighted by Crippen LogP contribution is 2.18. The minimum Gasteiger partial charge on any atom is -0.387 e. The second kappa shape index (κ2) is 5.43. The fourth-order valence-electron chi connectivity index (χ4n) is 2.18. The number of hydrogen-bond donors (Lipinski definition) is 1. The molecule has 1 heterocycles. The van der Waals surface area contributed by atoms with Gasteiger partial charge >= 0.3 is 0 Å². The van der Waals surface area contributed by atoms with Crippen molar-refractivity contribution in [2.45, 2.75) is 18.6 Å². The van der Waals surface area contributed by atoms with Crippen molar-refractivity contribution in [2.24, 2.45) is 0 Å². The van der Waals surface area contributed by atoms with E-state index >= 15 is 0 Å². The second-order valence-electron chi connectivity index (χ2n) is 4.33. The molecule has 0 aliphatic carbocycles. The van der Waals surface area contributed by atoms with Gasteiger partial charge < -0.3 is 9.84 Å². The molecule has 0 amide bonds. The van der Waals surface area contributed by atoms with Crippen LogP contribution in [0.15, 0.2) is 30.3 Å². The van der Waals surface area contributed by atoms with Crippen molar-refractivity contribution in [1.29, 1.82) is 0 Å². The monoisotopic (exact) mass is 221 g/mol. The zero-order chi connectivity index (χ0) is 11.4. The summed E-state index contributed by atoms with van der Waals surface area (Å²) in [6.07, 6.45) is 1.01. The predicted molar refractivity (Wildman–Crippen MR) is 63.3 cm³/mol. The summed E-state index contributed by atoms with van der Waals surface area (Å²) in [6, 6.07) is 9.82. The van der Waals surface area contributed by atoms with Crippen molar-refractivity contribution >= 4 is 0 Å². The minimum absolute atomic E-state index is 0.336. The molecule has 1 aliphatic heterocycles. The van der Waals surface area contributed by atoms with Crippen LogP contribution in [0.3, 0.4) is 0 Å². The first-order valence-electron chi connectivity index (χ1n) is 5.77. The Kier molecular flexibility index (Phi) is 3.93. The van der Waals surface area contributed by atoms with Gasteiger partial charge in [-0.1, -0.05) is 30.3 Å². The van der Waals surface area contributed by atoms with E-state index in [-0.39, 0.29) is 0 Å². The highest BCUT2D eigenvalue weighted by atomic mass is 16.5. The van der Waals surface area contributed by atoms with Crippen LogP contribution in [0.1, 0.15) is 18.1 Å². The van der Waals surface area contributed by atoms with Gasteiger partial charge in [0.25, 0.3) is 0 Å². The van der Waals surface area contributed by atoms with Crippen LogP contribution in [-0.4, -0.2) is 42.9 Å². The van der Waals surface area contributed by atoms with E-state index in [1.807, 2.05) is 30.3 Å². The molecule has 1 aromatic carbocycles. The average molecular weight is 221 g/mol. The Bertz CT molecular complexity index is 315. The summed E-state index contributed by atoms with van der Waals surface area (Å²) in [5.41, 5.74) is 0.989. The van der Waals surface area contributed by atoms with E-state index in [1.165, 1.54) is 0 Å². The van der Waals surface area contributed by atoms with Gasteiger partial charge in [-0.2, -0.15) is 0 Å². The molecule has 2 unspecified atom stereocenters. The SMILES string of the molecule is COC1CCN(CC(O)c2ccccc2)C1. The van der Waals surface area contributed by atoms with Gasteiger partial charge in [0.05, 0.1) is 12.2 Å². The molecule has 1 fully saturated rings. The Labute approximate surface area is 96.6 Å². The van der Waals surface area contributed by atoms with Crippen LogP contribution in [0.25, 0.3) is 0 Å². The second-order valence-corrected chi connectivity index (χ2v) is 4.33. The fraction of sp³-hybridized carbons (Fsp3) is 0.538. The molecule has 2 rings (SSSR count). The van der Waals surface area contributed by atoms with Crippen molar-refractivity contribution in [3.8, 4) is 0 Å². The Hall–Kier alpha value is -0.900. The lowest BCUT2D eigenvalue weighted by Crippen LogP contribution is -2.27. The molecule has 2 atom stereocenters. The molecule has 3 nitrogen and oxygen atoms in total. The number of aliphatic hydroxyl groups is 1. The number of likely N-dealkylation sites (tertiary alicyclic amines) is 1. The molecule has 0 bridgehead atoms. The van der Waals surface area contributed by atoms with E-state index in [9.17, 15) is 5.11 Å². The highest BCUT2D eigenvalue weighted by Gasteiger charge is 2.23. The number of β-amino-alcohol motifs (C(OH)–C–C–N with tert-alkyl or cyclic N) is 1. The molecule has 88 valence electrons. The first-order chi connectivity index (χ1) is 7.79. The van der Waals surface area contributed by atoms with Gasteiger partial charge in [-0.25, -0.2) is 0 Å². The molecule has 3 heteroatoms. The first kappa shape index (κ1) is 11.6. The maximum atomic E-state index is 10.1. The Morgan fingerprint density at radius 1 is 1.44 bits per heavy atom. The smallest absolute Gasteiger partial charge is 0.0916 e. The molecule has 1 aromatic rings. The van der Waals surface area contributed by atoms with Crippen molar-refractivity contribution < 1.29 is 9.84 Å². The summed E-state index contributed by atoms with van der Waals surface area (Å²) < 4.78 is 5.31. The quantitative estimate of drug-likeness (QED) is 0.835. The summed E-state index contributed by atoms with van der Waals surface area (Å²) in [5, 5.41) is 10.1. The van der Waals surface area contributed by atoms with E-state index in [0.29, 0.717) is 12.6 Å². The molecule has 1 N–H and O–H groups in total. The van der Waals surface area contributed by atoms with E-state index in [2.05, 4.69) is 4.90 Å². The standard InChI is InChI=1S/C13H19NO2/c1-16-12-7-8-14(9-12)10-13(15)11-5-3-2-4-6-11/h2-6,12-13,15H,7-10H2,1H3. The lowest BCUT2D eigenvalue weighted by atomic mass is 10.1. The van der Waals surface area contributed by atoms with Gasteiger partial charge in [0.15, 0.2) is 0 Å². The van der Waals surface area contributed by atoms with Gasteiger partial charge in [0.2, 0.25) is 0 Å². The van der Waals surface area contributed by atoms with Crippen LogP contribution in [0.2, 0.25) is 0 Å². The van der Waals surface area contributed by atoms with Gasteiger partial charge in [0, 0.05) is 26.7 Å². The third kappa shape index (κ3) is 2.82. The number of nitrogens with zero attached hydrogens (tertiary/aromatic N) is 1. The molecule has 1 saturated heterocycles. The summed E-state index contributed by atoms with van der Waals surface area (Å²) in [7, 11) is 1.75. The molecule has 0 aromatic heterocycles. The molecular weight excluding hydrogens is 202 g/mol. The zero-order valence-electron chi connectivity index (χ0n) is 9.67. The lowest BCUT2D eigenvalue weighted by molar-refractivity contribution is 0.0898. The lowest BCUT2D eigenvalue weighted by Gasteiger charge is -2.20. The van der Waals surface area contributed by atoms with Crippen LogP contribution < -0.4 is 0 Å². The molecule has 0 spiro atoms. The highest BCUT2D eigenvalue weighted by molar-refractivity contribution is 5.17. The van der Waals surface area contributed by atoms with E-state index < -0.39 is 6.10 Å². The number of rotatable bonds is 4. The number of ether oxygens (including phenoxy) is 1. The zero-order valence-corrected chi connectivity index (χ0v) is 9.67. The molecule has 0 saturated carbocycles. The summed E-state index contributed by atoms with van der Waals surface area (Å²) in [4.78, 5) is 2.26. The average Bonchev–Trinajstić information content (AvgIpc) is 2.78. The molecular formula is C13H19NO2.